The van der Waals surface area contributed by atoms with Crippen LogP contribution in [0.2, 0.25) is 0 Å². The highest BCUT2D eigenvalue weighted by Gasteiger charge is 2.25. The van der Waals surface area contributed by atoms with Gasteiger partial charge in [-0.3, -0.25) is 9.97 Å². The number of rotatable bonds is 4. The Morgan fingerprint density at radius 2 is 2.16 bits per heavy atom. The van der Waals surface area contributed by atoms with Crippen molar-refractivity contribution in [1.82, 2.24) is 9.97 Å². The Hall–Kier alpha value is -2.66. The maximum atomic E-state index is 9.67. The maximum absolute atomic E-state index is 9.67. The zero-order chi connectivity index (χ0) is 17.2. The van der Waals surface area contributed by atoms with Crippen molar-refractivity contribution in [1.29, 1.82) is 0 Å². The van der Waals surface area contributed by atoms with Crippen LogP contribution >= 0.6 is 0 Å². The summed E-state index contributed by atoms with van der Waals surface area (Å²) in [5.74, 6) is 0. The van der Waals surface area contributed by atoms with Crippen LogP contribution in [0.1, 0.15) is 18.5 Å². The molecule has 2 N–H and O–H groups in total. The first-order chi connectivity index (χ1) is 12.2. The Morgan fingerprint density at radius 1 is 1.24 bits per heavy atom. The predicted molar refractivity (Wildman–Crippen MR) is 101 cm³/mol. The molecule has 1 fully saturated rings. The van der Waals surface area contributed by atoms with Gasteiger partial charge in [-0.25, -0.2) is 0 Å². The van der Waals surface area contributed by atoms with Crippen molar-refractivity contribution in [3.05, 3.63) is 54.5 Å². The average molecular weight is 334 g/mol. The first-order valence-corrected chi connectivity index (χ1v) is 8.70. The van der Waals surface area contributed by atoms with Crippen molar-refractivity contribution in [2.45, 2.75) is 25.8 Å². The summed E-state index contributed by atoms with van der Waals surface area (Å²) in [6.45, 7) is 3.21. The molecule has 0 spiro atoms. The third-order valence-corrected chi connectivity index (χ3v) is 4.76. The Morgan fingerprint density at radius 3 is 2.96 bits per heavy atom. The second-order valence-electron chi connectivity index (χ2n) is 6.55. The fourth-order valence-corrected chi connectivity index (χ4v) is 3.60. The number of fused-ring (bicyclic) bond motifs is 1. The molecular weight excluding hydrogens is 312 g/mol. The van der Waals surface area contributed by atoms with Gasteiger partial charge in [-0.05, 0) is 56.2 Å². The van der Waals surface area contributed by atoms with Crippen LogP contribution in [0.15, 0.2) is 48.8 Å². The lowest BCUT2D eigenvalue weighted by Gasteiger charge is -2.27. The van der Waals surface area contributed by atoms with E-state index < -0.39 is 0 Å². The summed E-state index contributed by atoms with van der Waals surface area (Å²) in [5, 5.41) is 14.2. The highest BCUT2D eigenvalue weighted by molar-refractivity contribution is 5.94. The van der Waals surface area contributed by atoms with Crippen LogP contribution in [0.5, 0.6) is 0 Å². The Labute approximate surface area is 147 Å². The highest BCUT2D eigenvalue weighted by atomic mass is 16.3. The van der Waals surface area contributed by atoms with Crippen molar-refractivity contribution in [2.24, 2.45) is 0 Å². The molecule has 1 atom stereocenters. The Bertz CT molecular complexity index is 882. The number of aliphatic hydroxyl groups is 1. The maximum Gasteiger partial charge on any atom is 0.0746 e. The largest absolute Gasteiger partial charge is 0.394 e. The molecular formula is C20H22N4O. The van der Waals surface area contributed by atoms with E-state index in [4.69, 9.17) is 4.98 Å². The second kappa shape index (κ2) is 6.69. The zero-order valence-corrected chi connectivity index (χ0v) is 14.3. The lowest BCUT2D eigenvalue weighted by Crippen LogP contribution is -2.32. The number of pyridine rings is 2. The first kappa shape index (κ1) is 15.8. The van der Waals surface area contributed by atoms with Gasteiger partial charge in [0.05, 0.1) is 30.0 Å². The summed E-state index contributed by atoms with van der Waals surface area (Å²) in [7, 11) is 0. The standard InChI is InChI=1S/C20H22N4O/c1-14-10-20(24-9-3-5-17(24)13-25)18-7-6-15(11-19(18)22-14)23-16-4-2-8-21-12-16/h2,4,6-8,10-12,17,23,25H,3,5,9,13H2,1H3/t17-/m0/s1. The third kappa shape index (κ3) is 3.15. The fraction of sp³-hybridized carbons (Fsp3) is 0.300. The van der Waals surface area contributed by atoms with Crippen LogP contribution in [0.25, 0.3) is 10.9 Å². The molecule has 0 amide bonds. The minimum Gasteiger partial charge on any atom is -0.394 e. The summed E-state index contributed by atoms with van der Waals surface area (Å²) >= 11 is 0. The number of hydrogen-bond donors (Lipinski definition) is 2. The molecule has 0 radical (unpaired) electrons. The molecule has 5 nitrogen and oxygen atoms in total. The molecule has 128 valence electrons. The summed E-state index contributed by atoms with van der Waals surface area (Å²) in [4.78, 5) is 11.2. The smallest absolute Gasteiger partial charge is 0.0746 e. The number of nitrogens with one attached hydrogen (secondary N) is 1. The van der Waals surface area contributed by atoms with Crippen molar-refractivity contribution in [3.8, 4) is 0 Å². The molecule has 1 aliphatic rings. The molecule has 0 saturated carbocycles. The van der Waals surface area contributed by atoms with E-state index in [1.807, 2.05) is 19.1 Å². The van der Waals surface area contributed by atoms with Crippen LogP contribution in [0.3, 0.4) is 0 Å². The number of aliphatic hydroxyl groups excluding tert-OH is 1. The molecule has 1 aliphatic heterocycles. The van der Waals surface area contributed by atoms with Crippen LogP contribution in [-0.2, 0) is 0 Å². The molecule has 25 heavy (non-hydrogen) atoms. The number of aryl methyl sites for hydroxylation is 1. The lowest BCUT2D eigenvalue weighted by atomic mass is 10.1. The van der Waals surface area contributed by atoms with Gasteiger partial charge in [0.1, 0.15) is 0 Å². The van der Waals surface area contributed by atoms with Crippen molar-refractivity contribution >= 4 is 28.0 Å². The van der Waals surface area contributed by atoms with Gasteiger partial charge in [-0.15, -0.1) is 0 Å². The van der Waals surface area contributed by atoms with E-state index >= 15 is 0 Å². The van der Waals surface area contributed by atoms with E-state index in [2.05, 4.69) is 39.5 Å². The highest BCUT2D eigenvalue weighted by Crippen LogP contribution is 2.33. The number of anilines is 3. The second-order valence-corrected chi connectivity index (χ2v) is 6.55. The van der Waals surface area contributed by atoms with Crippen LogP contribution < -0.4 is 10.2 Å². The van der Waals surface area contributed by atoms with Gasteiger partial charge in [0, 0.05) is 35.2 Å². The number of hydrogen-bond acceptors (Lipinski definition) is 5. The Balaban J connectivity index is 1.73. The quantitative estimate of drug-likeness (QED) is 0.763. The molecule has 1 aromatic carbocycles. The van der Waals surface area contributed by atoms with Crippen molar-refractivity contribution < 1.29 is 5.11 Å². The van der Waals surface area contributed by atoms with E-state index in [1.54, 1.807) is 12.4 Å². The molecule has 5 heteroatoms. The van der Waals surface area contributed by atoms with Gasteiger partial charge in [0.2, 0.25) is 0 Å². The lowest BCUT2D eigenvalue weighted by molar-refractivity contribution is 0.266. The van der Waals surface area contributed by atoms with Gasteiger partial charge in [0.15, 0.2) is 0 Å². The van der Waals surface area contributed by atoms with Crippen LogP contribution in [0, 0.1) is 6.92 Å². The molecule has 3 heterocycles. The van der Waals surface area contributed by atoms with Gasteiger partial charge >= 0.3 is 0 Å². The first-order valence-electron chi connectivity index (χ1n) is 8.70. The number of benzene rings is 1. The summed E-state index contributed by atoms with van der Waals surface area (Å²) < 4.78 is 0. The molecule has 2 aromatic heterocycles. The Kier molecular flexibility index (Phi) is 4.24. The topological polar surface area (TPSA) is 61.3 Å². The summed E-state index contributed by atoms with van der Waals surface area (Å²) in [6, 6.07) is 12.5. The molecule has 1 saturated heterocycles. The minimum atomic E-state index is 0.198. The van der Waals surface area contributed by atoms with Gasteiger partial charge in [-0.2, -0.15) is 0 Å². The minimum absolute atomic E-state index is 0.198. The molecule has 0 bridgehead atoms. The van der Waals surface area contributed by atoms with Gasteiger partial charge < -0.3 is 15.3 Å². The molecule has 0 aliphatic carbocycles. The number of nitrogens with zero attached hydrogens (tertiary/aromatic N) is 3. The van der Waals surface area contributed by atoms with Gasteiger partial charge in [-0.1, -0.05) is 0 Å². The van der Waals surface area contributed by atoms with E-state index in [9.17, 15) is 5.11 Å². The monoisotopic (exact) mass is 334 g/mol. The zero-order valence-electron chi connectivity index (χ0n) is 14.3. The fourth-order valence-electron chi connectivity index (χ4n) is 3.60. The van der Waals surface area contributed by atoms with E-state index in [-0.39, 0.29) is 12.6 Å². The molecule has 3 aromatic rings. The third-order valence-electron chi connectivity index (χ3n) is 4.76. The van der Waals surface area contributed by atoms with E-state index in [0.29, 0.717) is 0 Å². The van der Waals surface area contributed by atoms with E-state index in [1.165, 1.54) is 5.69 Å². The van der Waals surface area contributed by atoms with Crippen LogP contribution in [-0.4, -0.2) is 34.3 Å². The van der Waals surface area contributed by atoms with Crippen molar-refractivity contribution in [2.75, 3.05) is 23.4 Å². The van der Waals surface area contributed by atoms with Crippen molar-refractivity contribution in [3.63, 3.8) is 0 Å². The predicted octanol–water partition coefficient (Wildman–Crippen LogP) is 3.64. The number of aromatic nitrogens is 2. The van der Waals surface area contributed by atoms with E-state index in [0.717, 1.165) is 47.4 Å². The SMILES string of the molecule is Cc1cc(N2CCC[C@H]2CO)c2ccc(Nc3cccnc3)cc2n1. The summed E-state index contributed by atoms with van der Waals surface area (Å²) in [6.07, 6.45) is 5.72. The van der Waals surface area contributed by atoms with Gasteiger partial charge in [0.25, 0.3) is 0 Å². The normalized spacial score (nSPS) is 17.2. The van der Waals surface area contributed by atoms with Crippen LogP contribution in [0.4, 0.5) is 17.1 Å². The molecule has 0 unspecified atom stereocenters. The summed E-state index contributed by atoms with van der Waals surface area (Å²) in [5.41, 5.74) is 5.07. The average Bonchev–Trinajstić information content (AvgIpc) is 3.10. The molecule has 4 rings (SSSR count).